The second-order valence-corrected chi connectivity index (χ2v) is 10.2. The average molecular weight is 504 g/mol. The number of ether oxygens (including phenoxy) is 1. The zero-order valence-corrected chi connectivity index (χ0v) is 18.5. The third-order valence-corrected chi connectivity index (χ3v) is 6.37. The summed E-state index contributed by atoms with van der Waals surface area (Å²) < 4.78 is 94.0. The fourth-order valence-corrected chi connectivity index (χ4v) is 3.83. The molecule has 176 valence electrons. The lowest BCUT2D eigenvalue weighted by molar-refractivity contribution is -0.0500. The maximum Gasteiger partial charge on any atom is 0.534 e. The van der Waals surface area contributed by atoms with Crippen molar-refractivity contribution in [2.75, 3.05) is 18.7 Å². The number of pyridine rings is 1. The molecule has 0 aliphatic rings. The van der Waals surface area contributed by atoms with Gasteiger partial charge in [-0.15, -0.1) is 0 Å². The van der Waals surface area contributed by atoms with Gasteiger partial charge in [0.2, 0.25) is 0 Å². The Morgan fingerprint density at radius 3 is 2.21 bits per heavy atom. The first-order valence-electron chi connectivity index (χ1n) is 8.82. The molecule has 0 atom stereocenters. The standard InChI is InChI=1S/C19H15F3N2O7S2/c1-30-18(25)14-8-3-11-10-23-16(24-12-4-6-13(7-5-12)32(2,26)27)9-15(11)17(14)31-33(28,29)19(20,21)22/h3-10H,1-2H3,(H,23,24). The fraction of sp³-hybridized carbons (Fsp3) is 0.158. The number of carbonyl (C=O) groups is 1. The minimum atomic E-state index is -6.10. The number of sulfone groups is 1. The van der Waals surface area contributed by atoms with Crippen molar-refractivity contribution in [1.29, 1.82) is 0 Å². The first-order chi connectivity index (χ1) is 15.2. The molecule has 0 spiro atoms. The van der Waals surface area contributed by atoms with Gasteiger partial charge in [0.15, 0.2) is 15.6 Å². The molecule has 0 radical (unpaired) electrons. The number of esters is 1. The topological polar surface area (TPSA) is 129 Å². The Morgan fingerprint density at radius 2 is 1.67 bits per heavy atom. The molecule has 1 N–H and O–H groups in total. The van der Waals surface area contributed by atoms with E-state index in [1.54, 1.807) is 0 Å². The van der Waals surface area contributed by atoms with Crippen LogP contribution in [0.3, 0.4) is 0 Å². The summed E-state index contributed by atoms with van der Waals surface area (Å²) in [5, 5.41) is 2.81. The average Bonchev–Trinajstić information content (AvgIpc) is 2.72. The number of benzene rings is 2. The molecule has 0 aliphatic heterocycles. The number of rotatable bonds is 6. The highest BCUT2D eigenvalue weighted by molar-refractivity contribution is 7.90. The van der Waals surface area contributed by atoms with Gasteiger partial charge in [-0.25, -0.2) is 18.2 Å². The van der Waals surface area contributed by atoms with E-state index in [0.29, 0.717) is 5.69 Å². The third kappa shape index (κ3) is 5.17. The number of carbonyl (C=O) groups excluding carboxylic acids is 1. The summed E-state index contributed by atoms with van der Waals surface area (Å²) in [6.45, 7) is 0. The Morgan fingerprint density at radius 1 is 1.03 bits per heavy atom. The van der Waals surface area contributed by atoms with Crippen molar-refractivity contribution in [3.8, 4) is 5.75 Å². The first kappa shape index (κ1) is 24.3. The van der Waals surface area contributed by atoms with Crippen molar-refractivity contribution >= 4 is 48.2 Å². The van der Waals surface area contributed by atoms with Crippen LogP contribution < -0.4 is 9.50 Å². The molecule has 1 heterocycles. The number of methoxy groups -OCH3 is 1. The molecule has 33 heavy (non-hydrogen) atoms. The van der Waals surface area contributed by atoms with E-state index in [4.69, 9.17) is 0 Å². The van der Waals surface area contributed by atoms with E-state index in [1.807, 2.05) is 0 Å². The lowest BCUT2D eigenvalue weighted by Gasteiger charge is -2.15. The van der Waals surface area contributed by atoms with E-state index in [9.17, 15) is 34.8 Å². The molecule has 0 saturated carbocycles. The van der Waals surface area contributed by atoms with Gasteiger partial charge in [-0.1, -0.05) is 6.07 Å². The van der Waals surface area contributed by atoms with Crippen LogP contribution in [0, 0.1) is 0 Å². The molecule has 0 bridgehead atoms. The molecule has 0 amide bonds. The molecule has 3 aromatic rings. The van der Waals surface area contributed by atoms with Gasteiger partial charge in [-0.3, -0.25) is 0 Å². The van der Waals surface area contributed by atoms with Crippen molar-refractivity contribution < 1.29 is 43.7 Å². The smallest absolute Gasteiger partial charge is 0.465 e. The molecular formula is C19H15F3N2O7S2. The van der Waals surface area contributed by atoms with Gasteiger partial charge in [-0.2, -0.15) is 21.6 Å². The molecule has 2 aromatic carbocycles. The van der Waals surface area contributed by atoms with E-state index in [1.165, 1.54) is 42.6 Å². The predicted molar refractivity (Wildman–Crippen MR) is 112 cm³/mol. The van der Waals surface area contributed by atoms with Gasteiger partial charge < -0.3 is 14.2 Å². The second-order valence-electron chi connectivity index (χ2n) is 6.63. The van der Waals surface area contributed by atoms with Crippen LogP contribution in [0.4, 0.5) is 24.7 Å². The van der Waals surface area contributed by atoms with Crippen molar-refractivity contribution in [2.45, 2.75) is 10.4 Å². The summed E-state index contributed by atoms with van der Waals surface area (Å²) in [5.74, 6) is -1.95. The molecule has 0 saturated heterocycles. The minimum Gasteiger partial charge on any atom is -0.465 e. The molecule has 0 fully saturated rings. The van der Waals surface area contributed by atoms with Crippen molar-refractivity contribution in [3.05, 3.63) is 54.2 Å². The second kappa shape index (κ2) is 8.51. The van der Waals surface area contributed by atoms with Crippen LogP contribution in [0.2, 0.25) is 0 Å². The monoisotopic (exact) mass is 504 g/mol. The Balaban J connectivity index is 2.11. The quantitative estimate of drug-likeness (QED) is 0.305. The third-order valence-electron chi connectivity index (χ3n) is 4.29. The van der Waals surface area contributed by atoms with Crippen LogP contribution in [0.25, 0.3) is 10.8 Å². The highest BCUT2D eigenvalue weighted by Crippen LogP contribution is 2.36. The summed E-state index contributed by atoms with van der Waals surface area (Å²) in [6.07, 6.45) is 2.26. The number of hydrogen-bond donors (Lipinski definition) is 1. The molecule has 1 aromatic heterocycles. The number of aromatic nitrogens is 1. The summed E-state index contributed by atoms with van der Waals surface area (Å²) in [7, 11) is -8.56. The van der Waals surface area contributed by atoms with E-state index in [-0.39, 0.29) is 21.5 Å². The molecule has 0 unspecified atom stereocenters. The van der Waals surface area contributed by atoms with Crippen molar-refractivity contribution in [1.82, 2.24) is 4.98 Å². The highest BCUT2D eigenvalue weighted by Gasteiger charge is 2.49. The zero-order chi connectivity index (χ0) is 24.6. The number of nitrogens with zero attached hydrogens (tertiary/aromatic N) is 1. The Labute approximate surface area is 186 Å². The fourth-order valence-electron chi connectivity index (χ4n) is 2.71. The highest BCUT2D eigenvalue weighted by atomic mass is 32.2. The van der Waals surface area contributed by atoms with Crippen LogP contribution >= 0.6 is 0 Å². The lowest BCUT2D eigenvalue weighted by atomic mass is 10.1. The van der Waals surface area contributed by atoms with Gasteiger partial charge in [0.1, 0.15) is 11.4 Å². The number of halogens is 3. The number of fused-ring (bicyclic) bond motifs is 1. The minimum absolute atomic E-state index is 0.0471. The summed E-state index contributed by atoms with van der Waals surface area (Å²) >= 11 is 0. The van der Waals surface area contributed by atoms with Crippen molar-refractivity contribution in [3.63, 3.8) is 0 Å². The van der Waals surface area contributed by atoms with Crippen LogP contribution in [-0.2, 0) is 24.7 Å². The van der Waals surface area contributed by atoms with E-state index < -0.39 is 42.7 Å². The Hall–Kier alpha value is -3.39. The molecule has 0 aliphatic carbocycles. The van der Waals surface area contributed by atoms with Gasteiger partial charge in [0.05, 0.1) is 12.0 Å². The summed E-state index contributed by atoms with van der Waals surface area (Å²) in [5.41, 5.74) is -5.91. The van der Waals surface area contributed by atoms with E-state index in [0.717, 1.165) is 19.4 Å². The number of alkyl halides is 3. The number of anilines is 2. The summed E-state index contributed by atoms with van der Waals surface area (Å²) in [4.78, 5) is 16.2. The van der Waals surface area contributed by atoms with Gasteiger partial charge in [0, 0.05) is 28.9 Å². The van der Waals surface area contributed by atoms with Crippen LogP contribution in [-0.4, -0.2) is 46.7 Å². The summed E-state index contributed by atoms with van der Waals surface area (Å²) in [6, 6.07) is 9.07. The predicted octanol–water partition coefficient (Wildman–Crippen LogP) is 3.40. The largest absolute Gasteiger partial charge is 0.534 e. The lowest BCUT2D eigenvalue weighted by Crippen LogP contribution is -2.28. The normalized spacial score (nSPS) is 12.4. The maximum atomic E-state index is 12.9. The van der Waals surface area contributed by atoms with Crippen LogP contribution in [0.15, 0.2) is 53.6 Å². The molecule has 3 rings (SSSR count). The molecular weight excluding hydrogens is 489 g/mol. The van der Waals surface area contributed by atoms with Crippen molar-refractivity contribution in [2.24, 2.45) is 0 Å². The van der Waals surface area contributed by atoms with Gasteiger partial charge in [-0.05, 0) is 36.4 Å². The molecule has 14 heteroatoms. The SMILES string of the molecule is COC(=O)c1ccc2cnc(Nc3ccc(S(C)(=O)=O)cc3)cc2c1OS(=O)(=O)C(F)(F)F. The first-order valence-corrected chi connectivity index (χ1v) is 12.1. The van der Waals surface area contributed by atoms with Crippen LogP contribution in [0.5, 0.6) is 5.75 Å². The van der Waals surface area contributed by atoms with Gasteiger partial charge >= 0.3 is 21.6 Å². The Kier molecular flexibility index (Phi) is 6.26. The molecule has 9 nitrogen and oxygen atoms in total. The van der Waals surface area contributed by atoms with Gasteiger partial charge in [0.25, 0.3) is 0 Å². The Bertz CT molecular complexity index is 1440. The zero-order valence-electron chi connectivity index (χ0n) is 16.9. The maximum absolute atomic E-state index is 12.9. The number of hydrogen-bond acceptors (Lipinski definition) is 9. The van der Waals surface area contributed by atoms with E-state index in [2.05, 4.69) is 19.2 Å². The van der Waals surface area contributed by atoms with E-state index >= 15 is 0 Å². The number of nitrogens with one attached hydrogen (secondary N) is 1. The van der Waals surface area contributed by atoms with Crippen LogP contribution in [0.1, 0.15) is 10.4 Å².